The first-order chi connectivity index (χ1) is 12.9. The molecule has 142 valence electrons. The van der Waals surface area contributed by atoms with Crippen LogP contribution in [0.15, 0.2) is 44.4 Å². The summed E-state index contributed by atoms with van der Waals surface area (Å²) in [6.07, 6.45) is 0. The molecule has 1 aliphatic heterocycles. The van der Waals surface area contributed by atoms with Gasteiger partial charge in [0.1, 0.15) is 18.1 Å². The second kappa shape index (κ2) is 6.50. The third-order valence-electron chi connectivity index (χ3n) is 4.12. The molecule has 10 heteroatoms. The standard InChI is InChI=1S/C17H15ClN2O6S/c1-2-20-12-8-11(18)16(9-14(12)26-17(20)21)27(22,23)19-10-3-4-13-15(7-10)25-6-5-24-13/h3-4,7-9,19H,2,5-6H2,1H3. The molecule has 4 rings (SSSR count). The van der Waals surface area contributed by atoms with Crippen molar-refractivity contribution in [2.75, 3.05) is 17.9 Å². The number of sulfonamides is 1. The first-order valence-corrected chi connectivity index (χ1v) is 10.0. The summed E-state index contributed by atoms with van der Waals surface area (Å²) in [5, 5.41) is -0.0180. The number of ether oxygens (including phenoxy) is 2. The van der Waals surface area contributed by atoms with Gasteiger partial charge in [0.2, 0.25) is 0 Å². The van der Waals surface area contributed by atoms with E-state index < -0.39 is 15.8 Å². The summed E-state index contributed by atoms with van der Waals surface area (Å²) >= 11 is 6.19. The molecule has 0 atom stereocenters. The van der Waals surface area contributed by atoms with Crippen LogP contribution in [-0.2, 0) is 16.6 Å². The van der Waals surface area contributed by atoms with Crippen LogP contribution in [0.2, 0.25) is 5.02 Å². The molecular weight excluding hydrogens is 396 g/mol. The Bertz CT molecular complexity index is 1200. The van der Waals surface area contributed by atoms with Gasteiger partial charge in [0.15, 0.2) is 17.1 Å². The minimum Gasteiger partial charge on any atom is -0.486 e. The number of nitrogens with zero attached hydrogens (tertiary/aromatic N) is 1. The van der Waals surface area contributed by atoms with Gasteiger partial charge < -0.3 is 13.9 Å². The van der Waals surface area contributed by atoms with Gasteiger partial charge in [-0.1, -0.05) is 11.6 Å². The summed E-state index contributed by atoms with van der Waals surface area (Å²) in [4.78, 5) is 11.6. The van der Waals surface area contributed by atoms with Crippen LogP contribution >= 0.6 is 11.6 Å². The van der Waals surface area contributed by atoms with E-state index in [1.807, 2.05) is 0 Å². The predicted molar refractivity (Wildman–Crippen MR) is 99.4 cm³/mol. The van der Waals surface area contributed by atoms with Crippen molar-refractivity contribution in [2.24, 2.45) is 0 Å². The van der Waals surface area contributed by atoms with Crippen molar-refractivity contribution in [1.82, 2.24) is 4.57 Å². The Morgan fingerprint density at radius 3 is 2.63 bits per heavy atom. The Labute approximate surface area is 159 Å². The lowest BCUT2D eigenvalue weighted by molar-refractivity contribution is 0.171. The van der Waals surface area contributed by atoms with Crippen molar-refractivity contribution in [3.63, 3.8) is 0 Å². The zero-order valence-electron chi connectivity index (χ0n) is 14.2. The molecule has 0 saturated heterocycles. The van der Waals surface area contributed by atoms with Gasteiger partial charge in [-0.15, -0.1) is 0 Å². The number of hydrogen-bond donors (Lipinski definition) is 1. The van der Waals surface area contributed by atoms with Crippen LogP contribution in [0.3, 0.4) is 0 Å². The highest BCUT2D eigenvalue weighted by Crippen LogP contribution is 2.34. The fourth-order valence-electron chi connectivity index (χ4n) is 2.89. The van der Waals surface area contributed by atoms with Crippen LogP contribution in [0.5, 0.6) is 11.5 Å². The number of nitrogens with one attached hydrogen (secondary N) is 1. The molecule has 0 spiro atoms. The number of aromatic nitrogens is 1. The van der Waals surface area contributed by atoms with Crippen molar-refractivity contribution in [3.05, 3.63) is 45.9 Å². The van der Waals surface area contributed by atoms with E-state index in [-0.39, 0.29) is 15.5 Å². The first-order valence-electron chi connectivity index (χ1n) is 8.14. The number of halogens is 1. The van der Waals surface area contributed by atoms with Crippen molar-refractivity contribution in [3.8, 4) is 11.5 Å². The van der Waals surface area contributed by atoms with E-state index >= 15 is 0 Å². The van der Waals surface area contributed by atoms with Crippen molar-refractivity contribution >= 4 is 38.4 Å². The van der Waals surface area contributed by atoms with E-state index in [2.05, 4.69) is 4.72 Å². The van der Waals surface area contributed by atoms with Crippen molar-refractivity contribution in [1.29, 1.82) is 0 Å². The summed E-state index contributed by atoms with van der Waals surface area (Å²) in [6.45, 7) is 2.98. The monoisotopic (exact) mass is 410 g/mol. The highest BCUT2D eigenvalue weighted by atomic mass is 35.5. The smallest absolute Gasteiger partial charge is 0.419 e. The lowest BCUT2D eigenvalue weighted by Gasteiger charge is -2.19. The zero-order chi connectivity index (χ0) is 19.2. The molecule has 0 amide bonds. The Balaban J connectivity index is 1.73. The molecule has 2 aromatic carbocycles. The lowest BCUT2D eigenvalue weighted by atomic mass is 10.3. The lowest BCUT2D eigenvalue weighted by Crippen LogP contribution is -2.17. The third kappa shape index (κ3) is 3.13. The average Bonchev–Trinajstić information content (AvgIpc) is 2.94. The van der Waals surface area contributed by atoms with E-state index in [1.54, 1.807) is 19.1 Å². The van der Waals surface area contributed by atoms with E-state index in [0.29, 0.717) is 42.5 Å². The summed E-state index contributed by atoms with van der Waals surface area (Å²) in [5.41, 5.74) is 0.877. The third-order valence-corrected chi connectivity index (χ3v) is 5.97. The summed E-state index contributed by atoms with van der Waals surface area (Å²) in [5.74, 6) is 0.429. The molecule has 0 fully saturated rings. The van der Waals surface area contributed by atoms with Crippen LogP contribution < -0.4 is 20.0 Å². The summed E-state index contributed by atoms with van der Waals surface area (Å²) < 4.78 is 45.4. The molecule has 0 radical (unpaired) electrons. The fourth-order valence-corrected chi connectivity index (χ4v) is 4.47. The normalized spacial score (nSPS) is 13.7. The molecule has 0 saturated carbocycles. The number of oxazole rings is 1. The second-order valence-electron chi connectivity index (χ2n) is 5.83. The summed E-state index contributed by atoms with van der Waals surface area (Å²) in [7, 11) is -4.02. The van der Waals surface area contributed by atoms with Crippen LogP contribution in [0.25, 0.3) is 11.1 Å². The van der Waals surface area contributed by atoms with E-state index in [1.165, 1.54) is 22.8 Å². The van der Waals surface area contributed by atoms with E-state index in [9.17, 15) is 13.2 Å². The van der Waals surface area contributed by atoms with Gasteiger partial charge in [-0.05, 0) is 25.1 Å². The van der Waals surface area contributed by atoms with Gasteiger partial charge >= 0.3 is 5.76 Å². The Hall–Kier alpha value is -2.65. The quantitative estimate of drug-likeness (QED) is 0.709. The largest absolute Gasteiger partial charge is 0.486 e. The van der Waals surface area contributed by atoms with Crippen LogP contribution in [-0.4, -0.2) is 26.2 Å². The minimum absolute atomic E-state index is 0.0180. The van der Waals surface area contributed by atoms with E-state index in [0.717, 1.165) is 0 Å². The highest BCUT2D eigenvalue weighted by molar-refractivity contribution is 7.92. The number of benzene rings is 2. The molecule has 27 heavy (non-hydrogen) atoms. The zero-order valence-corrected chi connectivity index (χ0v) is 15.8. The van der Waals surface area contributed by atoms with Gasteiger partial charge in [0.25, 0.3) is 10.0 Å². The first kappa shape index (κ1) is 17.7. The fraction of sp³-hybridized carbons (Fsp3) is 0.235. The number of rotatable bonds is 4. The maximum atomic E-state index is 12.8. The molecule has 0 unspecified atom stereocenters. The van der Waals surface area contributed by atoms with Gasteiger partial charge in [0.05, 0.1) is 16.2 Å². The molecule has 2 heterocycles. The minimum atomic E-state index is -4.02. The highest BCUT2D eigenvalue weighted by Gasteiger charge is 2.23. The maximum Gasteiger partial charge on any atom is 0.419 e. The second-order valence-corrected chi connectivity index (χ2v) is 7.88. The molecule has 1 aliphatic rings. The molecule has 1 aromatic heterocycles. The van der Waals surface area contributed by atoms with Crippen molar-refractivity contribution < 1.29 is 22.3 Å². The average molecular weight is 411 g/mol. The molecule has 1 N–H and O–H groups in total. The van der Waals surface area contributed by atoms with Crippen LogP contribution in [0.4, 0.5) is 5.69 Å². The molecule has 0 aliphatic carbocycles. The number of hydrogen-bond acceptors (Lipinski definition) is 6. The van der Waals surface area contributed by atoms with Crippen LogP contribution in [0.1, 0.15) is 6.92 Å². The maximum absolute atomic E-state index is 12.8. The Kier molecular flexibility index (Phi) is 4.27. The summed E-state index contributed by atoms with van der Waals surface area (Å²) in [6, 6.07) is 7.37. The van der Waals surface area contributed by atoms with Crippen LogP contribution in [0, 0.1) is 0 Å². The number of anilines is 1. The topological polar surface area (TPSA) is 99.8 Å². The van der Waals surface area contributed by atoms with Gasteiger partial charge in [0, 0.05) is 18.7 Å². The predicted octanol–water partition coefficient (Wildman–Crippen LogP) is 2.84. The SMILES string of the molecule is CCn1c(=O)oc2cc(S(=O)(=O)Nc3ccc4c(c3)OCCO4)c(Cl)cc21. The molecule has 8 nitrogen and oxygen atoms in total. The number of aryl methyl sites for hydroxylation is 1. The molecule has 3 aromatic rings. The Morgan fingerprint density at radius 2 is 1.89 bits per heavy atom. The Morgan fingerprint density at radius 1 is 1.15 bits per heavy atom. The van der Waals surface area contributed by atoms with E-state index in [4.69, 9.17) is 25.5 Å². The van der Waals surface area contributed by atoms with Crippen molar-refractivity contribution in [2.45, 2.75) is 18.4 Å². The number of fused-ring (bicyclic) bond motifs is 2. The molecular formula is C17H15ClN2O6S. The van der Waals surface area contributed by atoms with Gasteiger partial charge in [-0.3, -0.25) is 9.29 Å². The molecule has 0 bridgehead atoms. The van der Waals surface area contributed by atoms with Gasteiger partial charge in [-0.25, -0.2) is 13.2 Å². The van der Waals surface area contributed by atoms with Gasteiger partial charge in [-0.2, -0.15) is 0 Å².